The zero-order valence-electron chi connectivity index (χ0n) is 11.9. The van der Waals surface area contributed by atoms with Crippen molar-refractivity contribution in [2.24, 2.45) is 11.1 Å². The highest BCUT2D eigenvalue weighted by atomic mass is 35.5. The monoisotopic (exact) mass is 285 g/mol. The topological polar surface area (TPSA) is 59.2 Å². The van der Waals surface area contributed by atoms with Gasteiger partial charge >= 0.3 is 0 Å². The fraction of sp³-hybridized carbons (Fsp3) is 0.571. The zero-order chi connectivity index (χ0) is 13.6. The molecule has 5 heteroatoms. The minimum Gasteiger partial charge on any atom is -0.345 e. The second kappa shape index (κ2) is 8.12. The molecule has 0 aromatic carbocycles. The Morgan fingerprint density at radius 2 is 2.11 bits per heavy atom. The average molecular weight is 286 g/mol. The first-order valence-electron chi connectivity index (χ1n) is 6.28. The lowest BCUT2D eigenvalue weighted by Crippen LogP contribution is -2.39. The first-order valence-corrected chi connectivity index (χ1v) is 6.28. The van der Waals surface area contributed by atoms with Crippen LogP contribution in [0.4, 0.5) is 0 Å². The maximum absolute atomic E-state index is 12.0. The molecule has 1 aromatic heterocycles. The van der Waals surface area contributed by atoms with Crippen molar-refractivity contribution in [2.45, 2.75) is 26.7 Å². The standard InChI is InChI=1S/C14H23N3O.ClH/c1-14(2,10-15)11-17(3)13(18)8-7-12-6-4-5-9-16-12;/h4-6,9H,7-8,10-11,15H2,1-3H3;1H. The maximum atomic E-state index is 12.0. The number of rotatable bonds is 6. The number of carbonyl (C=O) groups excluding carboxylic acids is 1. The van der Waals surface area contributed by atoms with Crippen molar-refractivity contribution in [3.8, 4) is 0 Å². The number of nitrogens with two attached hydrogens (primary N) is 1. The number of hydrogen-bond donors (Lipinski definition) is 1. The summed E-state index contributed by atoms with van der Waals surface area (Å²) in [5.74, 6) is 0.141. The Labute approximate surface area is 121 Å². The molecular formula is C14H24ClN3O. The van der Waals surface area contributed by atoms with Gasteiger partial charge in [-0.15, -0.1) is 12.4 Å². The fourth-order valence-electron chi connectivity index (χ4n) is 1.77. The summed E-state index contributed by atoms with van der Waals surface area (Å²) < 4.78 is 0. The second-order valence-electron chi connectivity index (χ2n) is 5.44. The summed E-state index contributed by atoms with van der Waals surface area (Å²) in [5, 5.41) is 0. The molecule has 2 N–H and O–H groups in total. The smallest absolute Gasteiger partial charge is 0.222 e. The highest BCUT2D eigenvalue weighted by molar-refractivity contribution is 5.85. The Hall–Kier alpha value is -1.13. The average Bonchev–Trinajstić information content (AvgIpc) is 2.36. The molecule has 0 spiro atoms. The van der Waals surface area contributed by atoms with Gasteiger partial charge in [-0.3, -0.25) is 9.78 Å². The van der Waals surface area contributed by atoms with Crippen LogP contribution in [0.15, 0.2) is 24.4 Å². The number of halogens is 1. The maximum Gasteiger partial charge on any atom is 0.222 e. The van der Waals surface area contributed by atoms with E-state index in [1.807, 2.05) is 25.2 Å². The third-order valence-corrected chi connectivity index (χ3v) is 2.96. The van der Waals surface area contributed by atoms with Gasteiger partial charge in [-0.05, 0) is 30.5 Å². The number of carbonyl (C=O) groups is 1. The van der Waals surface area contributed by atoms with E-state index in [0.29, 0.717) is 25.9 Å². The molecule has 108 valence electrons. The second-order valence-corrected chi connectivity index (χ2v) is 5.44. The van der Waals surface area contributed by atoms with Gasteiger partial charge in [-0.25, -0.2) is 0 Å². The van der Waals surface area contributed by atoms with Crippen LogP contribution in [-0.2, 0) is 11.2 Å². The van der Waals surface area contributed by atoms with E-state index >= 15 is 0 Å². The number of hydrogen-bond acceptors (Lipinski definition) is 3. The molecule has 0 unspecified atom stereocenters. The van der Waals surface area contributed by atoms with Crippen molar-refractivity contribution in [3.63, 3.8) is 0 Å². The largest absolute Gasteiger partial charge is 0.345 e. The number of aryl methyl sites for hydroxylation is 1. The van der Waals surface area contributed by atoms with Gasteiger partial charge in [0.2, 0.25) is 5.91 Å². The third-order valence-electron chi connectivity index (χ3n) is 2.96. The van der Waals surface area contributed by atoms with Crippen molar-refractivity contribution < 1.29 is 4.79 Å². The Morgan fingerprint density at radius 1 is 1.42 bits per heavy atom. The molecule has 0 atom stereocenters. The molecule has 0 saturated heterocycles. The number of pyridine rings is 1. The molecule has 0 aliphatic heterocycles. The molecule has 4 nitrogen and oxygen atoms in total. The van der Waals surface area contributed by atoms with Crippen molar-refractivity contribution in [1.29, 1.82) is 0 Å². The SMILES string of the molecule is CN(CC(C)(C)CN)C(=O)CCc1ccccn1.Cl. The molecule has 1 amide bonds. The van der Waals surface area contributed by atoms with Crippen LogP contribution >= 0.6 is 12.4 Å². The minimum atomic E-state index is -0.0323. The van der Waals surface area contributed by atoms with Gasteiger partial charge < -0.3 is 10.6 Å². The molecule has 19 heavy (non-hydrogen) atoms. The summed E-state index contributed by atoms with van der Waals surface area (Å²) >= 11 is 0. The molecule has 1 rings (SSSR count). The molecule has 0 saturated carbocycles. The molecule has 0 aliphatic carbocycles. The van der Waals surface area contributed by atoms with E-state index in [-0.39, 0.29) is 23.7 Å². The third kappa shape index (κ3) is 6.55. The van der Waals surface area contributed by atoms with Crippen LogP contribution in [-0.4, -0.2) is 35.9 Å². The Morgan fingerprint density at radius 3 is 2.63 bits per heavy atom. The van der Waals surface area contributed by atoms with Gasteiger partial charge in [0.1, 0.15) is 0 Å². The minimum absolute atomic E-state index is 0. The van der Waals surface area contributed by atoms with Crippen LogP contribution in [0, 0.1) is 5.41 Å². The van der Waals surface area contributed by atoms with Gasteiger partial charge in [-0.1, -0.05) is 19.9 Å². The molecule has 1 heterocycles. The Bertz CT molecular complexity index is 382. The highest BCUT2D eigenvalue weighted by Gasteiger charge is 2.20. The van der Waals surface area contributed by atoms with Gasteiger partial charge in [0.25, 0.3) is 0 Å². The van der Waals surface area contributed by atoms with Gasteiger partial charge in [-0.2, -0.15) is 0 Å². The fourth-order valence-corrected chi connectivity index (χ4v) is 1.77. The molecule has 0 aliphatic rings. The van der Waals surface area contributed by atoms with Crippen molar-refractivity contribution in [2.75, 3.05) is 20.1 Å². The number of amides is 1. The van der Waals surface area contributed by atoms with Gasteiger partial charge in [0, 0.05) is 31.9 Å². The Kier molecular flexibility index (Phi) is 7.64. The van der Waals surface area contributed by atoms with E-state index in [4.69, 9.17) is 5.73 Å². The number of nitrogens with zero attached hydrogens (tertiary/aromatic N) is 2. The zero-order valence-corrected chi connectivity index (χ0v) is 12.7. The van der Waals surface area contributed by atoms with E-state index in [2.05, 4.69) is 18.8 Å². The van der Waals surface area contributed by atoms with Crippen LogP contribution in [0.2, 0.25) is 0 Å². The summed E-state index contributed by atoms with van der Waals surface area (Å²) in [6.45, 7) is 5.39. The van der Waals surface area contributed by atoms with Crippen LogP contribution in [0.3, 0.4) is 0 Å². The predicted octanol–water partition coefficient (Wildman–Crippen LogP) is 1.88. The summed E-state index contributed by atoms with van der Waals surface area (Å²) in [4.78, 5) is 17.9. The summed E-state index contributed by atoms with van der Waals surface area (Å²) in [6.07, 6.45) is 2.93. The lowest BCUT2D eigenvalue weighted by molar-refractivity contribution is -0.131. The van der Waals surface area contributed by atoms with E-state index in [9.17, 15) is 4.79 Å². The van der Waals surface area contributed by atoms with E-state index < -0.39 is 0 Å². The first kappa shape index (κ1) is 17.9. The molecule has 1 aromatic rings. The molecule has 0 fully saturated rings. The molecule has 0 radical (unpaired) electrons. The van der Waals surface area contributed by atoms with Crippen LogP contribution in [0.1, 0.15) is 26.0 Å². The quantitative estimate of drug-likeness (QED) is 0.868. The molecular weight excluding hydrogens is 262 g/mol. The lowest BCUT2D eigenvalue weighted by Gasteiger charge is -2.29. The van der Waals surface area contributed by atoms with Gasteiger partial charge in [0.05, 0.1) is 0 Å². The summed E-state index contributed by atoms with van der Waals surface area (Å²) in [7, 11) is 1.83. The summed E-state index contributed by atoms with van der Waals surface area (Å²) in [5.41, 5.74) is 6.60. The van der Waals surface area contributed by atoms with Crippen LogP contribution in [0.5, 0.6) is 0 Å². The Balaban J connectivity index is 0.00000324. The highest BCUT2D eigenvalue weighted by Crippen LogP contribution is 2.14. The van der Waals surface area contributed by atoms with Crippen molar-refractivity contribution in [3.05, 3.63) is 30.1 Å². The van der Waals surface area contributed by atoms with Crippen LogP contribution in [0.25, 0.3) is 0 Å². The van der Waals surface area contributed by atoms with Crippen molar-refractivity contribution in [1.82, 2.24) is 9.88 Å². The molecule has 0 bridgehead atoms. The predicted molar refractivity (Wildman–Crippen MR) is 80.3 cm³/mol. The lowest BCUT2D eigenvalue weighted by atomic mass is 9.93. The van der Waals surface area contributed by atoms with E-state index in [1.54, 1.807) is 11.1 Å². The first-order chi connectivity index (χ1) is 8.44. The normalized spacial score (nSPS) is 10.7. The van der Waals surface area contributed by atoms with Crippen LogP contribution < -0.4 is 5.73 Å². The van der Waals surface area contributed by atoms with E-state index in [0.717, 1.165) is 5.69 Å². The van der Waals surface area contributed by atoms with E-state index in [1.165, 1.54) is 0 Å². The number of aromatic nitrogens is 1. The van der Waals surface area contributed by atoms with Gasteiger partial charge in [0.15, 0.2) is 0 Å². The summed E-state index contributed by atoms with van der Waals surface area (Å²) in [6, 6.07) is 5.76. The van der Waals surface area contributed by atoms with Crippen molar-refractivity contribution >= 4 is 18.3 Å².